The Hall–Kier alpha value is -3.72. The van der Waals surface area contributed by atoms with E-state index in [4.69, 9.17) is 10.5 Å². The molecule has 0 saturated carbocycles. The molecule has 3 rings (SSSR count). The number of hydrogen-bond acceptors (Lipinski definition) is 7. The third-order valence-electron chi connectivity index (χ3n) is 4.37. The van der Waals surface area contributed by atoms with Crippen LogP contribution < -0.4 is 26.0 Å². The van der Waals surface area contributed by atoms with E-state index in [1.165, 1.54) is 0 Å². The molecule has 1 aromatic heterocycles. The van der Waals surface area contributed by atoms with Gasteiger partial charge in [0.1, 0.15) is 12.3 Å². The van der Waals surface area contributed by atoms with E-state index in [1.807, 2.05) is 56.4 Å². The number of carbonyl (C=O) groups excluding carboxylic acids is 1. The first-order chi connectivity index (χ1) is 14.4. The van der Waals surface area contributed by atoms with Gasteiger partial charge in [-0.1, -0.05) is 24.3 Å². The minimum Gasteiger partial charge on any atom is -0.497 e. The van der Waals surface area contributed by atoms with Gasteiger partial charge in [0.25, 0.3) is 5.91 Å². The molecule has 1 unspecified atom stereocenters. The maximum Gasteiger partial charge on any atom is 0.279 e. The van der Waals surface area contributed by atoms with Crippen molar-refractivity contribution >= 4 is 29.2 Å². The minimum absolute atomic E-state index is 0.124. The number of anilines is 4. The standard InChI is InChI=1S/C21H25N7O2/c1-14-7-4-5-10-17(14)24-21-26-18(25-20(22)27-21)12-28(2)13-19(29)23-15-8-6-9-16(11-15)30-3/h4-11H,12-13H2,1-3H3,(H,23,29)(H3,22,24,25,26,27)/p+1. The fourth-order valence-electron chi connectivity index (χ4n) is 2.92. The average Bonchev–Trinajstić information content (AvgIpc) is 2.69. The molecule has 0 saturated heterocycles. The van der Waals surface area contributed by atoms with Gasteiger partial charge >= 0.3 is 0 Å². The summed E-state index contributed by atoms with van der Waals surface area (Å²) in [6, 6.07) is 15.0. The second kappa shape index (κ2) is 9.66. The maximum atomic E-state index is 12.4. The Morgan fingerprint density at radius 1 is 1.13 bits per heavy atom. The molecule has 9 nitrogen and oxygen atoms in total. The molecule has 30 heavy (non-hydrogen) atoms. The first-order valence-electron chi connectivity index (χ1n) is 9.51. The quantitative estimate of drug-likeness (QED) is 0.442. The van der Waals surface area contributed by atoms with Gasteiger partial charge in [-0.05, 0) is 30.7 Å². The van der Waals surface area contributed by atoms with E-state index in [0.717, 1.165) is 16.2 Å². The zero-order chi connectivity index (χ0) is 21.5. The van der Waals surface area contributed by atoms with E-state index in [0.29, 0.717) is 29.8 Å². The highest BCUT2D eigenvalue weighted by molar-refractivity contribution is 5.91. The van der Waals surface area contributed by atoms with Gasteiger partial charge in [0.05, 0.1) is 14.2 Å². The van der Waals surface area contributed by atoms with Gasteiger partial charge in [-0.15, -0.1) is 0 Å². The number of quaternary nitrogens is 1. The number of nitrogen functional groups attached to an aromatic ring is 1. The summed E-state index contributed by atoms with van der Waals surface area (Å²) in [5, 5.41) is 6.03. The van der Waals surface area contributed by atoms with Crippen LogP contribution in [0.4, 0.5) is 23.3 Å². The summed E-state index contributed by atoms with van der Waals surface area (Å²) in [6.07, 6.45) is 0. The van der Waals surface area contributed by atoms with E-state index >= 15 is 0 Å². The highest BCUT2D eigenvalue weighted by atomic mass is 16.5. The zero-order valence-electron chi connectivity index (χ0n) is 17.3. The normalized spacial score (nSPS) is 11.6. The van der Waals surface area contributed by atoms with Crippen molar-refractivity contribution in [1.29, 1.82) is 0 Å². The van der Waals surface area contributed by atoms with Crippen molar-refractivity contribution in [3.8, 4) is 5.75 Å². The van der Waals surface area contributed by atoms with Gasteiger partial charge in [0.2, 0.25) is 11.9 Å². The van der Waals surface area contributed by atoms with E-state index in [-0.39, 0.29) is 18.4 Å². The summed E-state index contributed by atoms with van der Waals surface area (Å²) in [7, 11) is 3.47. The van der Waals surface area contributed by atoms with Crippen molar-refractivity contribution in [2.45, 2.75) is 13.5 Å². The van der Waals surface area contributed by atoms with Crippen molar-refractivity contribution in [2.75, 3.05) is 37.1 Å². The number of aryl methyl sites for hydroxylation is 1. The second-order valence-electron chi connectivity index (χ2n) is 6.96. The van der Waals surface area contributed by atoms with Crippen LogP contribution in [0.15, 0.2) is 48.5 Å². The van der Waals surface area contributed by atoms with Crippen molar-refractivity contribution in [3.63, 3.8) is 0 Å². The Labute approximate surface area is 175 Å². The van der Waals surface area contributed by atoms with Gasteiger partial charge in [0, 0.05) is 17.4 Å². The third-order valence-corrected chi connectivity index (χ3v) is 4.37. The zero-order valence-corrected chi connectivity index (χ0v) is 17.3. The second-order valence-corrected chi connectivity index (χ2v) is 6.96. The smallest absolute Gasteiger partial charge is 0.279 e. The SMILES string of the molecule is COc1cccc(NC(=O)C[NH+](C)Cc2nc(N)nc(Nc3ccccc3C)n2)c1. The summed E-state index contributed by atoms with van der Waals surface area (Å²) in [5.41, 5.74) is 8.50. The van der Waals surface area contributed by atoms with Crippen LogP contribution in [0.25, 0.3) is 0 Å². The molecule has 0 fully saturated rings. The molecule has 0 bridgehead atoms. The number of hydrogen-bond donors (Lipinski definition) is 4. The lowest BCUT2D eigenvalue weighted by atomic mass is 10.2. The molecule has 0 aliphatic carbocycles. The number of likely N-dealkylation sites (N-methyl/N-ethyl adjacent to an activating group) is 1. The number of para-hydroxylation sites is 1. The molecule has 1 amide bonds. The number of aromatic nitrogens is 3. The number of methoxy groups -OCH3 is 1. The van der Waals surface area contributed by atoms with E-state index < -0.39 is 0 Å². The van der Waals surface area contributed by atoms with E-state index in [1.54, 1.807) is 13.2 Å². The predicted octanol–water partition coefficient (Wildman–Crippen LogP) is 1.17. The minimum atomic E-state index is -0.124. The van der Waals surface area contributed by atoms with Gasteiger partial charge in [-0.2, -0.15) is 15.0 Å². The molecule has 2 aromatic carbocycles. The lowest BCUT2D eigenvalue weighted by Crippen LogP contribution is -3.08. The molecule has 0 aliphatic heterocycles. The van der Waals surface area contributed by atoms with Crippen molar-refractivity contribution in [1.82, 2.24) is 15.0 Å². The lowest BCUT2D eigenvalue weighted by Gasteiger charge is -2.14. The molecule has 5 N–H and O–H groups in total. The van der Waals surface area contributed by atoms with Crippen molar-refractivity contribution < 1.29 is 14.4 Å². The number of carbonyl (C=O) groups is 1. The summed E-state index contributed by atoms with van der Waals surface area (Å²) < 4.78 is 5.17. The molecule has 1 heterocycles. The fraction of sp³-hybridized carbons (Fsp3) is 0.238. The number of nitrogens with zero attached hydrogens (tertiary/aromatic N) is 3. The van der Waals surface area contributed by atoms with Gasteiger partial charge in [0.15, 0.2) is 12.4 Å². The first-order valence-corrected chi connectivity index (χ1v) is 9.51. The molecule has 156 valence electrons. The fourth-order valence-corrected chi connectivity index (χ4v) is 2.92. The molecule has 0 aliphatic rings. The largest absolute Gasteiger partial charge is 0.497 e. The van der Waals surface area contributed by atoms with E-state index in [2.05, 4.69) is 25.6 Å². The summed E-state index contributed by atoms with van der Waals surface area (Å²) >= 11 is 0. The monoisotopic (exact) mass is 408 g/mol. The van der Waals surface area contributed by atoms with Crippen LogP contribution in [0.2, 0.25) is 0 Å². The Morgan fingerprint density at radius 3 is 2.70 bits per heavy atom. The lowest BCUT2D eigenvalue weighted by molar-refractivity contribution is -0.885. The number of amides is 1. The van der Waals surface area contributed by atoms with Crippen LogP contribution in [0.3, 0.4) is 0 Å². The van der Waals surface area contributed by atoms with Crippen LogP contribution in [0.1, 0.15) is 11.4 Å². The molecular weight excluding hydrogens is 382 g/mol. The molecule has 9 heteroatoms. The Bertz CT molecular complexity index is 1030. The van der Waals surface area contributed by atoms with Crippen molar-refractivity contribution in [2.24, 2.45) is 0 Å². The van der Waals surface area contributed by atoms with Gasteiger partial charge in [-0.3, -0.25) is 4.79 Å². The Morgan fingerprint density at radius 2 is 1.93 bits per heavy atom. The maximum absolute atomic E-state index is 12.4. The van der Waals surface area contributed by atoms with Gasteiger partial charge < -0.3 is 26.0 Å². The summed E-state index contributed by atoms with van der Waals surface area (Å²) in [6.45, 7) is 2.65. The number of benzene rings is 2. The Balaban J connectivity index is 1.61. The molecule has 1 atom stereocenters. The van der Waals surface area contributed by atoms with Crippen LogP contribution in [0.5, 0.6) is 5.75 Å². The number of rotatable bonds is 8. The highest BCUT2D eigenvalue weighted by Crippen LogP contribution is 2.18. The van der Waals surface area contributed by atoms with Gasteiger partial charge in [-0.25, -0.2) is 0 Å². The van der Waals surface area contributed by atoms with Crippen LogP contribution in [-0.2, 0) is 11.3 Å². The molecule has 0 spiro atoms. The van der Waals surface area contributed by atoms with Crippen molar-refractivity contribution in [3.05, 3.63) is 59.9 Å². The predicted molar refractivity (Wildman–Crippen MR) is 116 cm³/mol. The van der Waals surface area contributed by atoms with Crippen LogP contribution in [0, 0.1) is 6.92 Å². The van der Waals surface area contributed by atoms with Crippen LogP contribution in [-0.4, -0.2) is 41.6 Å². The average molecular weight is 408 g/mol. The van der Waals surface area contributed by atoms with E-state index in [9.17, 15) is 4.79 Å². The first kappa shape index (κ1) is 21.0. The number of ether oxygens (including phenoxy) is 1. The van der Waals surface area contributed by atoms with Crippen LogP contribution >= 0.6 is 0 Å². The number of nitrogens with two attached hydrogens (primary N) is 1. The third kappa shape index (κ3) is 5.89. The topological polar surface area (TPSA) is 119 Å². The molecule has 0 radical (unpaired) electrons. The highest BCUT2D eigenvalue weighted by Gasteiger charge is 2.15. The summed E-state index contributed by atoms with van der Waals surface area (Å²) in [4.78, 5) is 26.1. The summed E-state index contributed by atoms with van der Waals surface area (Å²) in [5.74, 6) is 1.57. The number of nitrogens with one attached hydrogen (secondary N) is 3. The Kier molecular flexibility index (Phi) is 6.76. The molecular formula is C21H26N7O2+. The molecule has 3 aromatic rings.